The lowest BCUT2D eigenvalue weighted by Crippen LogP contribution is -2.57. The molecule has 2 saturated heterocycles. The maximum atomic E-state index is 12.8. The number of β-amino-alcohol motifs (C(OH)–C–C–N with tert-alkyl or cyclic N) is 1. The van der Waals surface area contributed by atoms with Crippen LogP contribution in [-0.4, -0.2) is 70.3 Å². The molecule has 2 aliphatic rings. The summed E-state index contributed by atoms with van der Waals surface area (Å²) in [5.41, 5.74) is -0.449. The van der Waals surface area contributed by atoms with Gasteiger partial charge >= 0.3 is 6.18 Å². The highest BCUT2D eigenvalue weighted by Gasteiger charge is 2.35. The lowest BCUT2D eigenvalue weighted by atomic mass is 9.96. The minimum atomic E-state index is -4.43. The predicted octanol–water partition coefficient (Wildman–Crippen LogP) is 1.67. The van der Waals surface area contributed by atoms with Crippen LogP contribution in [0.25, 0.3) is 0 Å². The smallest absolute Gasteiger partial charge is 0.393 e. The quantitative estimate of drug-likeness (QED) is 0.830. The van der Waals surface area contributed by atoms with Gasteiger partial charge in [0.1, 0.15) is 0 Å². The molecule has 2 N–H and O–H groups in total. The Hall–Kier alpha value is -1.64. The topological polar surface area (TPSA) is 64.0 Å². The molecule has 2 aliphatic heterocycles. The van der Waals surface area contributed by atoms with Gasteiger partial charge in [-0.3, -0.25) is 9.69 Å². The Balaban J connectivity index is 1.56. The van der Waals surface area contributed by atoms with Gasteiger partial charge in [-0.2, -0.15) is 13.2 Å². The number of hydrogen-bond acceptors (Lipinski definition) is 4. The van der Waals surface area contributed by atoms with Crippen molar-refractivity contribution in [2.45, 2.75) is 50.1 Å². The largest absolute Gasteiger partial charge is 0.416 e. The van der Waals surface area contributed by atoms with Crippen molar-refractivity contribution in [3.8, 4) is 0 Å². The van der Waals surface area contributed by atoms with E-state index in [0.29, 0.717) is 31.4 Å². The zero-order valence-corrected chi connectivity index (χ0v) is 15.0. The van der Waals surface area contributed by atoms with Gasteiger partial charge in [0.15, 0.2) is 0 Å². The molecule has 0 saturated carbocycles. The summed E-state index contributed by atoms with van der Waals surface area (Å²) in [5.74, 6) is -0.277. The average Bonchev–Trinajstić information content (AvgIpc) is 2.62. The molecule has 1 aromatic carbocycles. The van der Waals surface area contributed by atoms with Crippen molar-refractivity contribution < 1.29 is 28.2 Å². The van der Waals surface area contributed by atoms with E-state index < -0.39 is 17.8 Å². The van der Waals surface area contributed by atoms with Crippen molar-refractivity contribution in [3.63, 3.8) is 0 Å². The molecular weight excluding hydrogens is 361 g/mol. The molecule has 0 unspecified atom stereocenters. The fraction of sp³-hybridized carbons (Fsp3) is 0.632. The molecule has 150 valence electrons. The van der Waals surface area contributed by atoms with Crippen molar-refractivity contribution in [2.75, 3.05) is 26.2 Å². The molecular formula is C19H25F3N2O3. The molecule has 0 bridgehead atoms. The summed E-state index contributed by atoms with van der Waals surface area (Å²) in [6.45, 7) is 2.10. The summed E-state index contributed by atoms with van der Waals surface area (Å²) < 4.78 is 38.4. The van der Waals surface area contributed by atoms with Crippen molar-refractivity contribution >= 4 is 5.91 Å². The van der Waals surface area contributed by atoms with Crippen LogP contribution in [0.1, 0.15) is 30.4 Å². The van der Waals surface area contributed by atoms with Crippen LogP contribution in [0.4, 0.5) is 13.2 Å². The van der Waals surface area contributed by atoms with Gasteiger partial charge < -0.3 is 15.1 Å². The van der Waals surface area contributed by atoms with Crippen LogP contribution in [0.2, 0.25) is 0 Å². The van der Waals surface area contributed by atoms with Crippen LogP contribution in [0.3, 0.4) is 0 Å². The summed E-state index contributed by atoms with van der Waals surface area (Å²) in [4.78, 5) is 16.2. The molecule has 0 spiro atoms. The number of benzene rings is 1. The lowest BCUT2D eigenvalue weighted by Gasteiger charge is -2.43. The number of aliphatic hydroxyl groups is 2. The number of carbonyl (C=O) groups is 1. The first kappa shape index (κ1) is 20.1. The highest BCUT2D eigenvalue weighted by molar-refractivity contribution is 5.79. The Bertz CT molecular complexity index is 660. The molecule has 0 aliphatic carbocycles. The van der Waals surface area contributed by atoms with Crippen LogP contribution in [0, 0.1) is 0 Å². The summed E-state index contributed by atoms with van der Waals surface area (Å²) in [7, 11) is 0. The van der Waals surface area contributed by atoms with Crippen LogP contribution < -0.4 is 0 Å². The van der Waals surface area contributed by atoms with Crippen LogP contribution in [0.5, 0.6) is 0 Å². The number of aliphatic hydroxyl groups excluding tert-OH is 2. The fourth-order valence-electron chi connectivity index (χ4n) is 3.93. The maximum Gasteiger partial charge on any atom is 0.416 e. The Kier molecular flexibility index (Phi) is 6.08. The number of likely N-dealkylation sites (tertiary alicyclic amines) is 2. The van der Waals surface area contributed by atoms with Crippen molar-refractivity contribution in [3.05, 3.63) is 35.4 Å². The molecule has 2 atom stereocenters. The SMILES string of the molecule is O=C(Cc1cccc(C(F)(F)F)c1)N1CC[C@@H](N2CCC(O)CC2)[C@H](O)C1. The normalized spacial score (nSPS) is 25.6. The van der Waals surface area contributed by atoms with Gasteiger partial charge in [0.25, 0.3) is 0 Å². The zero-order valence-electron chi connectivity index (χ0n) is 15.0. The molecule has 2 fully saturated rings. The monoisotopic (exact) mass is 386 g/mol. The van der Waals surface area contributed by atoms with Gasteiger partial charge in [0.2, 0.25) is 5.91 Å². The second-order valence-electron chi connectivity index (χ2n) is 7.41. The van der Waals surface area contributed by atoms with Gasteiger partial charge in [0, 0.05) is 32.2 Å². The number of rotatable bonds is 3. The third-order valence-electron chi connectivity index (χ3n) is 5.48. The predicted molar refractivity (Wildman–Crippen MR) is 93.0 cm³/mol. The maximum absolute atomic E-state index is 12.8. The van der Waals surface area contributed by atoms with Gasteiger partial charge in [-0.15, -0.1) is 0 Å². The van der Waals surface area contributed by atoms with Gasteiger partial charge in [-0.25, -0.2) is 0 Å². The number of carbonyl (C=O) groups excluding carboxylic acids is 1. The summed E-state index contributed by atoms with van der Waals surface area (Å²) >= 11 is 0. The molecule has 5 nitrogen and oxygen atoms in total. The minimum Gasteiger partial charge on any atom is -0.393 e. The standard InChI is InChI=1S/C19H25F3N2O3/c20-19(21,22)14-3-1-2-13(10-14)11-18(27)24-9-6-16(17(26)12-24)23-7-4-15(25)5-8-23/h1-3,10,15-17,25-26H,4-9,11-12H2/t16-,17-/m1/s1. The highest BCUT2D eigenvalue weighted by Crippen LogP contribution is 2.30. The number of nitrogens with zero attached hydrogens (tertiary/aromatic N) is 2. The summed E-state index contributed by atoms with van der Waals surface area (Å²) in [6, 6.07) is 4.75. The summed E-state index contributed by atoms with van der Waals surface area (Å²) in [5, 5.41) is 20.1. The van der Waals surface area contributed by atoms with E-state index in [9.17, 15) is 28.2 Å². The number of halogens is 3. The number of hydrogen-bond donors (Lipinski definition) is 2. The Labute approximate surface area is 156 Å². The van der Waals surface area contributed by atoms with Gasteiger partial charge in [-0.1, -0.05) is 18.2 Å². The van der Waals surface area contributed by atoms with E-state index >= 15 is 0 Å². The number of alkyl halides is 3. The van der Waals surface area contributed by atoms with Crippen LogP contribution in [0.15, 0.2) is 24.3 Å². The third kappa shape index (κ3) is 5.00. The fourth-order valence-corrected chi connectivity index (χ4v) is 3.93. The second-order valence-corrected chi connectivity index (χ2v) is 7.41. The van der Waals surface area contributed by atoms with Crippen LogP contribution >= 0.6 is 0 Å². The minimum absolute atomic E-state index is 0.0462. The van der Waals surface area contributed by atoms with E-state index in [1.165, 1.54) is 17.0 Å². The third-order valence-corrected chi connectivity index (χ3v) is 5.48. The van der Waals surface area contributed by atoms with Crippen molar-refractivity contribution in [2.24, 2.45) is 0 Å². The van der Waals surface area contributed by atoms with Crippen LogP contribution in [-0.2, 0) is 17.4 Å². The average molecular weight is 386 g/mol. The first-order chi connectivity index (χ1) is 12.7. The van der Waals surface area contributed by atoms with E-state index in [-0.39, 0.29) is 31.0 Å². The van der Waals surface area contributed by atoms with E-state index in [4.69, 9.17) is 0 Å². The van der Waals surface area contributed by atoms with E-state index in [2.05, 4.69) is 4.90 Å². The first-order valence-corrected chi connectivity index (χ1v) is 9.28. The number of amides is 1. The van der Waals surface area contributed by atoms with Crippen molar-refractivity contribution in [1.82, 2.24) is 9.80 Å². The molecule has 1 amide bonds. The molecule has 3 rings (SSSR count). The lowest BCUT2D eigenvalue weighted by molar-refractivity contribution is -0.138. The molecule has 1 aromatic rings. The highest BCUT2D eigenvalue weighted by atomic mass is 19.4. The Morgan fingerprint density at radius 2 is 1.81 bits per heavy atom. The molecule has 8 heteroatoms. The van der Waals surface area contributed by atoms with Gasteiger partial charge in [0.05, 0.1) is 24.2 Å². The van der Waals surface area contributed by atoms with Crippen molar-refractivity contribution in [1.29, 1.82) is 0 Å². The Morgan fingerprint density at radius 1 is 1.11 bits per heavy atom. The Morgan fingerprint density at radius 3 is 2.44 bits per heavy atom. The molecule has 27 heavy (non-hydrogen) atoms. The second kappa shape index (κ2) is 8.16. The molecule has 2 heterocycles. The van der Waals surface area contributed by atoms with E-state index in [1.54, 1.807) is 0 Å². The molecule has 0 aromatic heterocycles. The van der Waals surface area contributed by atoms with E-state index in [1.807, 2.05) is 0 Å². The molecule has 0 radical (unpaired) electrons. The summed E-state index contributed by atoms with van der Waals surface area (Å²) in [6.07, 6.45) is -3.55. The van der Waals surface area contributed by atoms with E-state index in [0.717, 1.165) is 25.2 Å². The van der Waals surface area contributed by atoms with Gasteiger partial charge in [-0.05, 0) is 30.9 Å². The number of piperidine rings is 2. The zero-order chi connectivity index (χ0) is 19.6. The first-order valence-electron chi connectivity index (χ1n) is 9.28.